The molecule has 8 heteroatoms. The third-order valence-electron chi connectivity index (χ3n) is 3.83. The Labute approximate surface area is 126 Å². The highest BCUT2D eigenvalue weighted by Crippen LogP contribution is 2.12. The zero-order valence-electron chi connectivity index (χ0n) is 12.3. The maximum absolute atomic E-state index is 12.2. The summed E-state index contributed by atoms with van der Waals surface area (Å²) in [6.07, 6.45) is 2.92. The van der Waals surface area contributed by atoms with Gasteiger partial charge in [-0.15, -0.1) is 0 Å². The van der Waals surface area contributed by atoms with Gasteiger partial charge < -0.3 is 15.0 Å². The summed E-state index contributed by atoms with van der Waals surface area (Å²) in [7, 11) is 0. The van der Waals surface area contributed by atoms with Crippen LogP contribution >= 0.6 is 0 Å². The summed E-state index contributed by atoms with van der Waals surface area (Å²) in [6.45, 7) is 5.85. The molecule has 0 bridgehead atoms. The number of rotatable bonds is 3. The number of hydrogen-bond acceptors (Lipinski definition) is 5. The number of aromatic carboxylic acids is 1. The first-order valence-electron chi connectivity index (χ1n) is 7.26. The van der Waals surface area contributed by atoms with Crippen molar-refractivity contribution in [2.45, 2.75) is 13.5 Å². The van der Waals surface area contributed by atoms with E-state index in [0.29, 0.717) is 23.5 Å². The number of nitrogens with one attached hydrogen (secondary N) is 2. The number of aromatic amines is 1. The predicted octanol–water partition coefficient (Wildman–Crippen LogP) is -0.662. The van der Waals surface area contributed by atoms with Gasteiger partial charge in [-0.05, 0) is 6.92 Å². The van der Waals surface area contributed by atoms with Gasteiger partial charge in [0.2, 0.25) is 11.1 Å². The standard InChI is InChI=1S/C14H17N5O3/c1-2-18-8-10(13(21)22)11(20)9-7-16-14(17-12(9)18)19-5-3-15-4-6-19/h7-8,15H,2-6H2,1H3,(H,21,22)/p+1. The van der Waals surface area contributed by atoms with E-state index >= 15 is 0 Å². The molecule has 1 aliphatic rings. The molecule has 0 radical (unpaired) electrons. The molecule has 8 nitrogen and oxygen atoms in total. The van der Waals surface area contributed by atoms with Gasteiger partial charge in [0, 0.05) is 25.8 Å². The molecule has 2 aromatic heterocycles. The Morgan fingerprint density at radius 3 is 2.82 bits per heavy atom. The van der Waals surface area contributed by atoms with Gasteiger partial charge in [-0.2, -0.15) is 0 Å². The van der Waals surface area contributed by atoms with Gasteiger partial charge in [-0.3, -0.25) is 9.69 Å². The zero-order valence-corrected chi connectivity index (χ0v) is 12.3. The predicted molar refractivity (Wildman–Crippen MR) is 80.3 cm³/mol. The topological polar surface area (TPSA) is 102 Å². The van der Waals surface area contributed by atoms with Crippen molar-refractivity contribution >= 4 is 23.0 Å². The van der Waals surface area contributed by atoms with Crippen molar-refractivity contribution in [1.29, 1.82) is 0 Å². The second kappa shape index (κ2) is 5.72. The van der Waals surface area contributed by atoms with Gasteiger partial charge >= 0.3 is 11.9 Å². The van der Waals surface area contributed by atoms with Crippen LogP contribution in [0.25, 0.3) is 11.0 Å². The number of carboxylic acids is 1. The van der Waals surface area contributed by atoms with Crippen molar-refractivity contribution in [1.82, 2.24) is 14.9 Å². The van der Waals surface area contributed by atoms with Crippen LogP contribution in [0.4, 0.5) is 5.95 Å². The highest BCUT2D eigenvalue weighted by atomic mass is 16.4. The van der Waals surface area contributed by atoms with E-state index in [1.54, 1.807) is 10.8 Å². The fourth-order valence-electron chi connectivity index (χ4n) is 2.63. The first-order chi connectivity index (χ1) is 10.6. The number of aryl methyl sites for hydroxylation is 1. The Bertz CT molecular complexity index is 780. The summed E-state index contributed by atoms with van der Waals surface area (Å²) in [6, 6.07) is 0. The van der Waals surface area contributed by atoms with Gasteiger partial charge in [0.25, 0.3) is 0 Å². The van der Waals surface area contributed by atoms with Gasteiger partial charge in [-0.1, -0.05) is 4.98 Å². The van der Waals surface area contributed by atoms with Crippen LogP contribution in [0.2, 0.25) is 0 Å². The number of piperazine rings is 1. The first kappa shape index (κ1) is 14.5. The molecule has 1 fully saturated rings. The second-order valence-electron chi connectivity index (χ2n) is 5.16. The number of carboxylic acid groups (broad SMARTS) is 1. The van der Waals surface area contributed by atoms with Crippen LogP contribution < -0.4 is 20.6 Å². The molecule has 2 aromatic rings. The smallest absolute Gasteiger partial charge is 0.393 e. The Hall–Kier alpha value is -2.48. The summed E-state index contributed by atoms with van der Waals surface area (Å²) >= 11 is 0. The molecule has 3 N–H and O–H groups in total. The molecule has 0 aromatic carbocycles. The highest BCUT2D eigenvalue weighted by Gasteiger charge is 2.23. The van der Waals surface area contributed by atoms with E-state index in [1.165, 1.54) is 6.20 Å². The van der Waals surface area contributed by atoms with Crippen molar-refractivity contribution in [3.8, 4) is 0 Å². The lowest BCUT2D eigenvalue weighted by molar-refractivity contribution is -0.366. The lowest BCUT2D eigenvalue weighted by Crippen LogP contribution is -2.46. The summed E-state index contributed by atoms with van der Waals surface area (Å²) in [5.41, 5.74) is -0.243. The van der Waals surface area contributed by atoms with E-state index in [0.717, 1.165) is 26.2 Å². The largest absolute Gasteiger partial charge is 0.477 e. The summed E-state index contributed by atoms with van der Waals surface area (Å²) in [4.78, 5) is 33.1. The normalized spacial score (nSPS) is 15.2. The van der Waals surface area contributed by atoms with Crippen LogP contribution in [0, 0.1) is 0 Å². The molecule has 3 heterocycles. The van der Waals surface area contributed by atoms with Crippen LogP contribution in [-0.4, -0.2) is 46.8 Å². The number of fused-ring (bicyclic) bond motifs is 1. The molecule has 0 aliphatic carbocycles. The molecular weight excluding hydrogens is 286 g/mol. The van der Waals surface area contributed by atoms with E-state index in [2.05, 4.69) is 20.2 Å². The third-order valence-corrected chi connectivity index (χ3v) is 3.83. The molecule has 0 atom stereocenters. The number of nitrogens with zero attached hydrogens (tertiary/aromatic N) is 3. The average Bonchev–Trinajstić information content (AvgIpc) is 2.55. The van der Waals surface area contributed by atoms with Crippen molar-refractivity contribution in [3.05, 3.63) is 28.2 Å². The van der Waals surface area contributed by atoms with Crippen LogP contribution in [0.15, 0.2) is 17.2 Å². The molecule has 3 rings (SSSR count). The number of anilines is 1. The summed E-state index contributed by atoms with van der Waals surface area (Å²) < 4.78 is 1.69. The van der Waals surface area contributed by atoms with Gasteiger partial charge in [0.1, 0.15) is 10.9 Å². The van der Waals surface area contributed by atoms with Crippen molar-refractivity contribution in [3.63, 3.8) is 0 Å². The molecule has 0 unspecified atom stereocenters. The SMILES string of the molecule is CCn1cc(C(=O)O)c(=O)c2c[nH+]c(N3CCNCC3)nc21. The van der Waals surface area contributed by atoms with Gasteiger partial charge in [-0.25, -0.2) is 9.78 Å². The minimum Gasteiger partial charge on any atom is -0.477 e. The highest BCUT2D eigenvalue weighted by molar-refractivity contribution is 5.91. The van der Waals surface area contributed by atoms with E-state index < -0.39 is 11.4 Å². The fraction of sp³-hybridized carbons (Fsp3) is 0.429. The minimum absolute atomic E-state index is 0.237. The Morgan fingerprint density at radius 1 is 1.45 bits per heavy atom. The number of pyridine rings is 1. The first-order valence-corrected chi connectivity index (χ1v) is 7.26. The minimum atomic E-state index is -1.22. The maximum Gasteiger partial charge on any atom is 0.393 e. The summed E-state index contributed by atoms with van der Waals surface area (Å²) in [5, 5.41) is 12.7. The average molecular weight is 304 g/mol. The molecule has 116 valence electrons. The van der Waals surface area contributed by atoms with E-state index in [-0.39, 0.29) is 5.56 Å². The lowest BCUT2D eigenvalue weighted by atomic mass is 10.2. The number of aromatic nitrogens is 3. The van der Waals surface area contributed by atoms with Crippen LogP contribution in [0.3, 0.4) is 0 Å². The number of hydrogen-bond donors (Lipinski definition) is 2. The Balaban J connectivity index is 2.17. The molecule has 0 saturated carbocycles. The zero-order chi connectivity index (χ0) is 15.7. The Kier molecular flexibility index (Phi) is 3.76. The van der Waals surface area contributed by atoms with Crippen LogP contribution in [0.1, 0.15) is 17.3 Å². The molecule has 0 amide bonds. The summed E-state index contributed by atoms with van der Waals surface area (Å²) in [5.74, 6) is -0.529. The molecule has 0 spiro atoms. The van der Waals surface area contributed by atoms with Gasteiger partial charge in [0.15, 0.2) is 0 Å². The Morgan fingerprint density at radius 2 is 2.18 bits per heavy atom. The molecular formula is C14H18N5O3+. The van der Waals surface area contributed by atoms with E-state index in [1.807, 2.05) is 6.92 Å². The van der Waals surface area contributed by atoms with Crippen LogP contribution in [0.5, 0.6) is 0 Å². The van der Waals surface area contributed by atoms with Gasteiger partial charge in [0.05, 0.1) is 19.3 Å². The molecule has 1 aliphatic heterocycles. The van der Waals surface area contributed by atoms with E-state index in [9.17, 15) is 9.59 Å². The van der Waals surface area contributed by atoms with E-state index in [4.69, 9.17) is 5.11 Å². The monoisotopic (exact) mass is 304 g/mol. The maximum atomic E-state index is 12.2. The van der Waals surface area contributed by atoms with Crippen molar-refractivity contribution < 1.29 is 14.9 Å². The fourth-order valence-corrected chi connectivity index (χ4v) is 2.63. The number of carbonyl (C=O) groups is 1. The molecule has 22 heavy (non-hydrogen) atoms. The van der Waals surface area contributed by atoms with Crippen molar-refractivity contribution in [2.24, 2.45) is 0 Å². The third kappa shape index (κ3) is 2.41. The lowest BCUT2D eigenvalue weighted by Gasteiger charge is -2.21. The van der Waals surface area contributed by atoms with Crippen LogP contribution in [-0.2, 0) is 6.54 Å². The van der Waals surface area contributed by atoms with Crippen molar-refractivity contribution in [2.75, 3.05) is 31.1 Å². The quantitative estimate of drug-likeness (QED) is 0.780. The number of H-pyrrole nitrogens is 1. The molecule has 1 saturated heterocycles. The second-order valence-corrected chi connectivity index (χ2v) is 5.16.